The fraction of sp³-hybridized carbons (Fsp3) is 0.538. The lowest BCUT2D eigenvalue weighted by atomic mass is 10.2. The van der Waals surface area contributed by atoms with Crippen LogP contribution in [0.15, 0.2) is 16.6 Å². The highest BCUT2D eigenvalue weighted by molar-refractivity contribution is 9.10. The van der Waals surface area contributed by atoms with Gasteiger partial charge >= 0.3 is 0 Å². The van der Waals surface area contributed by atoms with E-state index in [9.17, 15) is 0 Å². The minimum atomic E-state index is 0.316. The molecule has 18 heavy (non-hydrogen) atoms. The van der Waals surface area contributed by atoms with Gasteiger partial charge in [0.05, 0.1) is 0 Å². The van der Waals surface area contributed by atoms with Gasteiger partial charge in [0.2, 0.25) is 6.79 Å². The molecule has 1 atom stereocenters. The Morgan fingerprint density at radius 1 is 1.33 bits per heavy atom. The summed E-state index contributed by atoms with van der Waals surface area (Å²) in [5.74, 6) is 1.64. The number of nitrogens with one attached hydrogen (secondary N) is 1. The van der Waals surface area contributed by atoms with Gasteiger partial charge in [-0.1, -0.05) is 15.9 Å². The van der Waals surface area contributed by atoms with Crippen LogP contribution in [0.2, 0.25) is 0 Å². The maximum absolute atomic E-state index is 5.38. The van der Waals surface area contributed by atoms with Crippen LogP contribution in [0, 0.1) is 0 Å². The lowest BCUT2D eigenvalue weighted by Crippen LogP contribution is -2.35. The van der Waals surface area contributed by atoms with Crippen LogP contribution in [-0.4, -0.2) is 38.4 Å². The SMILES string of the molecule is CC(CNCc1cc2c(cc1Br)OCO2)N(C)C. The van der Waals surface area contributed by atoms with Gasteiger partial charge in [-0.15, -0.1) is 0 Å². The van der Waals surface area contributed by atoms with Crippen molar-refractivity contribution in [2.75, 3.05) is 27.4 Å². The number of likely N-dealkylation sites (N-methyl/N-ethyl adjacent to an activating group) is 1. The average molecular weight is 315 g/mol. The molecule has 2 rings (SSSR count). The molecule has 1 aromatic rings. The first-order chi connectivity index (χ1) is 8.58. The number of nitrogens with zero attached hydrogens (tertiary/aromatic N) is 1. The number of ether oxygens (including phenoxy) is 2. The van der Waals surface area contributed by atoms with Crippen molar-refractivity contribution < 1.29 is 9.47 Å². The van der Waals surface area contributed by atoms with E-state index in [4.69, 9.17) is 9.47 Å². The van der Waals surface area contributed by atoms with Crippen molar-refractivity contribution >= 4 is 15.9 Å². The van der Waals surface area contributed by atoms with Crippen molar-refractivity contribution in [1.29, 1.82) is 0 Å². The molecule has 0 spiro atoms. The minimum absolute atomic E-state index is 0.316. The lowest BCUT2D eigenvalue weighted by molar-refractivity contribution is 0.174. The first-order valence-electron chi connectivity index (χ1n) is 6.03. The van der Waals surface area contributed by atoms with Crippen LogP contribution in [-0.2, 0) is 6.54 Å². The largest absolute Gasteiger partial charge is 0.454 e. The number of halogens is 1. The molecule has 1 aliphatic heterocycles. The second-order valence-corrected chi connectivity index (χ2v) is 5.59. The Bertz CT molecular complexity index is 424. The third kappa shape index (κ3) is 3.16. The fourth-order valence-electron chi connectivity index (χ4n) is 1.69. The summed E-state index contributed by atoms with van der Waals surface area (Å²) >= 11 is 3.56. The summed E-state index contributed by atoms with van der Waals surface area (Å²) in [5.41, 5.74) is 1.19. The second kappa shape index (κ2) is 5.91. The van der Waals surface area contributed by atoms with Gasteiger partial charge in [0, 0.05) is 23.6 Å². The molecule has 0 bridgehead atoms. The summed E-state index contributed by atoms with van der Waals surface area (Å²) < 4.78 is 11.8. The fourth-order valence-corrected chi connectivity index (χ4v) is 2.16. The molecule has 0 saturated heterocycles. The molecule has 1 aliphatic rings. The first-order valence-corrected chi connectivity index (χ1v) is 6.82. The molecule has 4 nitrogen and oxygen atoms in total. The van der Waals surface area contributed by atoms with Gasteiger partial charge < -0.3 is 19.7 Å². The molecule has 1 unspecified atom stereocenters. The number of hydrogen-bond donors (Lipinski definition) is 1. The van der Waals surface area contributed by atoms with E-state index in [-0.39, 0.29) is 0 Å². The van der Waals surface area contributed by atoms with Gasteiger partial charge in [0.15, 0.2) is 11.5 Å². The Hall–Kier alpha value is -0.780. The zero-order valence-corrected chi connectivity index (χ0v) is 12.6. The zero-order chi connectivity index (χ0) is 13.1. The third-order valence-corrected chi connectivity index (χ3v) is 3.92. The molecular formula is C13H19BrN2O2. The van der Waals surface area contributed by atoms with E-state index in [0.717, 1.165) is 29.1 Å². The standard InChI is InChI=1S/C13H19BrN2O2/c1-9(16(2)3)6-15-7-10-4-12-13(5-11(10)14)18-8-17-12/h4-5,9,15H,6-8H2,1-3H3. The molecule has 1 aromatic carbocycles. The number of fused-ring (bicyclic) bond motifs is 1. The molecule has 100 valence electrons. The first kappa shape index (κ1) is 13.6. The highest BCUT2D eigenvalue weighted by Gasteiger charge is 2.16. The highest BCUT2D eigenvalue weighted by Crippen LogP contribution is 2.36. The van der Waals surface area contributed by atoms with Crippen LogP contribution in [0.4, 0.5) is 0 Å². The van der Waals surface area contributed by atoms with Gasteiger partial charge in [0.1, 0.15) is 0 Å². The summed E-state index contributed by atoms with van der Waals surface area (Å²) in [6.07, 6.45) is 0. The quantitative estimate of drug-likeness (QED) is 0.903. The van der Waals surface area contributed by atoms with Crippen LogP contribution in [0.5, 0.6) is 11.5 Å². The molecule has 0 fully saturated rings. The molecule has 1 heterocycles. The van der Waals surface area contributed by atoms with Crippen LogP contribution < -0.4 is 14.8 Å². The third-order valence-electron chi connectivity index (χ3n) is 3.18. The average Bonchev–Trinajstić information content (AvgIpc) is 2.75. The van der Waals surface area contributed by atoms with E-state index in [0.29, 0.717) is 12.8 Å². The van der Waals surface area contributed by atoms with Crippen LogP contribution in [0.1, 0.15) is 12.5 Å². The van der Waals surface area contributed by atoms with Gasteiger partial charge in [-0.3, -0.25) is 0 Å². The smallest absolute Gasteiger partial charge is 0.231 e. The molecule has 0 aliphatic carbocycles. The molecule has 0 amide bonds. The summed E-state index contributed by atoms with van der Waals surface area (Å²) in [5, 5.41) is 3.45. The summed E-state index contributed by atoms with van der Waals surface area (Å²) in [7, 11) is 4.17. The van der Waals surface area contributed by atoms with Crippen molar-refractivity contribution in [2.45, 2.75) is 19.5 Å². The van der Waals surface area contributed by atoms with Crippen molar-refractivity contribution in [3.8, 4) is 11.5 Å². The lowest BCUT2D eigenvalue weighted by Gasteiger charge is -2.20. The van der Waals surface area contributed by atoms with Crippen molar-refractivity contribution in [3.63, 3.8) is 0 Å². The Morgan fingerprint density at radius 3 is 2.67 bits per heavy atom. The normalized spacial score (nSPS) is 15.2. The van der Waals surface area contributed by atoms with E-state index >= 15 is 0 Å². The van der Waals surface area contributed by atoms with Crippen LogP contribution in [0.25, 0.3) is 0 Å². The number of rotatable bonds is 5. The Labute approximate surface area is 116 Å². The minimum Gasteiger partial charge on any atom is -0.454 e. The number of hydrogen-bond acceptors (Lipinski definition) is 4. The van der Waals surface area contributed by atoms with E-state index in [1.807, 2.05) is 12.1 Å². The van der Waals surface area contributed by atoms with E-state index in [1.54, 1.807) is 0 Å². The number of benzene rings is 1. The summed E-state index contributed by atoms with van der Waals surface area (Å²) in [6.45, 7) is 4.28. The van der Waals surface area contributed by atoms with Crippen LogP contribution >= 0.6 is 15.9 Å². The van der Waals surface area contributed by atoms with Crippen molar-refractivity contribution in [1.82, 2.24) is 10.2 Å². The molecule has 5 heteroatoms. The predicted molar refractivity (Wildman–Crippen MR) is 75.1 cm³/mol. The van der Waals surface area contributed by atoms with Gasteiger partial charge in [0.25, 0.3) is 0 Å². The Balaban J connectivity index is 1.94. The van der Waals surface area contributed by atoms with Crippen molar-refractivity contribution in [2.24, 2.45) is 0 Å². The maximum Gasteiger partial charge on any atom is 0.231 e. The van der Waals surface area contributed by atoms with Crippen molar-refractivity contribution in [3.05, 3.63) is 22.2 Å². The van der Waals surface area contributed by atoms with E-state index in [1.165, 1.54) is 5.56 Å². The molecule has 0 saturated carbocycles. The van der Waals surface area contributed by atoms with Crippen LogP contribution in [0.3, 0.4) is 0 Å². The molecule has 0 aromatic heterocycles. The molecule has 0 radical (unpaired) electrons. The van der Waals surface area contributed by atoms with Gasteiger partial charge in [-0.2, -0.15) is 0 Å². The Kier molecular flexibility index (Phi) is 4.48. The highest BCUT2D eigenvalue weighted by atomic mass is 79.9. The van der Waals surface area contributed by atoms with E-state index in [2.05, 4.69) is 47.2 Å². The zero-order valence-electron chi connectivity index (χ0n) is 11.0. The monoisotopic (exact) mass is 314 g/mol. The Morgan fingerprint density at radius 2 is 2.00 bits per heavy atom. The molecule has 1 N–H and O–H groups in total. The van der Waals surface area contributed by atoms with Gasteiger partial charge in [-0.25, -0.2) is 0 Å². The van der Waals surface area contributed by atoms with Gasteiger partial charge in [-0.05, 0) is 38.7 Å². The topological polar surface area (TPSA) is 33.7 Å². The second-order valence-electron chi connectivity index (χ2n) is 4.74. The maximum atomic E-state index is 5.38. The van der Waals surface area contributed by atoms with E-state index < -0.39 is 0 Å². The molecular weight excluding hydrogens is 296 g/mol. The summed E-state index contributed by atoms with van der Waals surface area (Å²) in [4.78, 5) is 2.20. The predicted octanol–water partition coefficient (Wildman–Crippen LogP) is 2.22. The summed E-state index contributed by atoms with van der Waals surface area (Å²) in [6, 6.07) is 4.51.